The summed E-state index contributed by atoms with van der Waals surface area (Å²) in [6.45, 7) is 4.35. The van der Waals surface area contributed by atoms with E-state index < -0.39 is 0 Å². The van der Waals surface area contributed by atoms with Gasteiger partial charge in [0, 0.05) is 18.0 Å². The second-order valence-corrected chi connectivity index (χ2v) is 5.60. The van der Waals surface area contributed by atoms with Crippen LogP contribution in [0.4, 0.5) is 0 Å². The number of esters is 1. The van der Waals surface area contributed by atoms with Crippen LogP contribution in [0.1, 0.15) is 43.4 Å². The summed E-state index contributed by atoms with van der Waals surface area (Å²) in [6, 6.07) is 12.2. The molecule has 0 radical (unpaired) electrons. The molecule has 3 nitrogen and oxygen atoms in total. The van der Waals surface area contributed by atoms with E-state index in [1.807, 2.05) is 30.5 Å². The maximum Gasteiger partial charge on any atom is 0.333 e. The highest BCUT2D eigenvalue weighted by Crippen LogP contribution is 2.13. The third-order valence-electron chi connectivity index (χ3n) is 3.55. The molecule has 1 aromatic heterocycles. The molecule has 0 spiro atoms. The minimum absolute atomic E-state index is 0.238. The van der Waals surface area contributed by atoms with Gasteiger partial charge in [0.25, 0.3) is 0 Å². The third-order valence-corrected chi connectivity index (χ3v) is 3.55. The molecular weight excluding hydrogens is 286 g/mol. The van der Waals surface area contributed by atoms with E-state index in [9.17, 15) is 4.79 Å². The molecule has 23 heavy (non-hydrogen) atoms. The number of ether oxygens (including phenoxy) is 1. The second kappa shape index (κ2) is 8.89. The molecule has 0 unspecified atom stereocenters. The average Bonchev–Trinajstić information content (AvgIpc) is 2.57. The Bertz CT molecular complexity index is 645. The van der Waals surface area contributed by atoms with Gasteiger partial charge in [0.05, 0.1) is 6.61 Å². The van der Waals surface area contributed by atoms with E-state index in [1.165, 1.54) is 11.1 Å². The molecule has 1 heterocycles. The third kappa shape index (κ3) is 5.70. The van der Waals surface area contributed by atoms with E-state index in [4.69, 9.17) is 4.74 Å². The van der Waals surface area contributed by atoms with Crippen molar-refractivity contribution >= 4 is 12.0 Å². The highest BCUT2D eigenvalue weighted by molar-refractivity contribution is 5.92. The lowest BCUT2D eigenvalue weighted by molar-refractivity contribution is -0.138. The van der Waals surface area contributed by atoms with Gasteiger partial charge in [0.15, 0.2) is 0 Å². The summed E-state index contributed by atoms with van der Waals surface area (Å²) in [5.74, 6) is -0.238. The highest BCUT2D eigenvalue weighted by atomic mass is 16.5. The number of benzene rings is 1. The number of carbonyl (C=O) groups excluding carboxylic acids is 1. The topological polar surface area (TPSA) is 39.2 Å². The van der Waals surface area contributed by atoms with Crippen LogP contribution in [0.5, 0.6) is 0 Å². The van der Waals surface area contributed by atoms with Crippen LogP contribution in [0.3, 0.4) is 0 Å². The van der Waals surface area contributed by atoms with E-state index in [1.54, 1.807) is 13.1 Å². The van der Waals surface area contributed by atoms with Crippen molar-refractivity contribution in [1.29, 1.82) is 0 Å². The van der Waals surface area contributed by atoms with Gasteiger partial charge >= 0.3 is 5.97 Å². The Balaban J connectivity index is 1.96. The van der Waals surface area contributed by atoms with Crippen molar-refractivity contribution in [2.24, 2.45) is 0 Å². The molecule has 0 aliphatic carbocycles. The highest BCUT2D eigenvalue weighted by Gasteiger charge is 2.05. The van der Waals surface area contributed by atoms with Crippen molar-refractivity contribution in [2.45, 2.75) is 33.1 Å². The summed E-state index contributed by atoms with van der Waals surface area (Å²) in [6.07, 6.45) is 8.30. The number of rotatable bonds is 7. The summed E-state index contributed by atoms with van der Waals surface area (Å²) in [7, 11) is 0. The monoisotopic (exact) mass is 309 g/mol. The van der Waals surface area contributed by atoms with Gasteiger partial charge in [-0.2, -0.15) is 0 Å². The zero-order chi connectivity index (χ0) is 16.5. The predicted octanol–water partition coefficient (Wildman–Crippen LogP) is 4.42. The second-order valence-electron chi connectivity index (χ2n) is 5.60. The van der Waals surface area contributed by atoms with Gasteiger partial charge in [0.1, 0.15) is 0 Å². The fourth-order valence-electron chi connectivity index (χ4n) is 2.20. The van der Waals surface area contributed by atoms with E-state index in [0.717, 1.165) is 24.8 Å². The predicted molar refractivity (Wildman–Crippen MR) is 93.0 cm³/mol. The van der Waals surface area contributed by atoms with Crippen LogP contribution in [0.2, 0.25) is 0 Å². The van der Waals surface area contributed by atoms with Crippen LogP contribution in [0.25, 0.3) is 6.08 Å². The summed E-state index contributed by atoms with van der Waals surface area (Å²) in [5, 5.41) is 0. The first-order valence-corrected chi connectivity index (χ1v) is 8.02. The number of pyridine rings is 1. The largest absolute Gasteiger partial charge is 0.462 e. The Morgan fingerprint density at radius 3 is 2.61 bits per heavy atom. The maximum absolute atomic E-state index is 11.8. The van der Waals surface area contributed by atoms with Gasteiger partial charge in [-0.3, -0.25) is 4.98 Å². The van der Waals surface area contributed by atoms with Crippen molar-refractivity contribution in [2.75, 3.05) is 6.61 Å². The van der Waals surface area contributed by atoms with Crippen molar-refractivity contribution in [3.05, 3.63) is 71.1 Å². The first-order chi connectivity index (χ1) is 11.2. The van der Waals surface area contributed by atoms with E-state index in [2.05, 4.69) is 30.1 Å². The standard InChI is InChI=1S/C20H23NO2/c1-3-4-12-23-20(22)16(2)13-17-7-9-18(10-8-17)14-19-6-5-11-21-15-19/h5-11,13,15H,3-4,12,14H2,1-2H3/b16-13+. The Hall–Kier alpha value is -2.42. The molecule has 0 N–H and O–H groups in total. The fourth-order valence-corrected chi connectivity index (χ4v) is 2.20. The van der Waals surface area contributed by atoms with E-state index in [-0.39, 0.29) is 5.97 Å². The summed E-state index contributed by atoms with van der Waals surface area (Å²) in [4.78, 5) is 16.0. The van der Waals surface area contributed by atoms with E-state index >= 15 is 0 Å². The molecule has 120 valence electrons. The van der Waals surface area contributed by atoms with Crippen molar-refractivity contribution in [1.82, 2.24) is 4.98 Å². The summed E-state index contributed by atoms with van der Waals surface area (Å²) < 4.78 is 5.20. The molecule has 0 saturated carbocycles. The number of hydrogen-bond donors (Lipinski definition) is 0. The number of unbranched alkanes of at least 4 members (excludes halogenated alkanes) is 1. The van der Waals surface area contributed by atoms with Gasteiger partial charge in [-0.05, 0) is 48.6 Å². The molecule has 0 amide bonds. The van der Waals surface area contributed by atoms with Crippen LogP contribution >= 0.6 is 0 Å². The molecule has 0 aliphatic rings. The summed E-state index contributed by atoms with van der Waals surface area (Å²) >= 11 is 0. The van der Waals surface area contributed by atoms with Gasteiger partial charge in [0.2, 0.25) is 0 Å². The Morgan fingerprint density at radius 1 is 1.17 bits per heavy atom. The Labute approximate surface area is 138 Å². The van der Waals surface area contributed by atoms with Crippen molar-refractivity contribution < 1.29 is 9.53 Å². The molecule has 0 aliphatic heterocycles. The van der Waals surface area contributed by atoms with Crippen molar-refractivity contribution in [3.8, 4) is 0 Å². The molecule has 0 atom stereocenters. The zero-order valence-electron chi connectivity index (χ0n) is 13.8. The van der Waals surface area contributed by atoms with Crippen LogP contribution in [0.15, 0.2) is 54.4 Å². The Morgan fingerprint density at radius 2 is 1.96 bits per heavy atom. The molecule has 1 aromatic carbocycles. The quantitative estimate of drug-likeness (QED) is 0.432. The summed E-state index contributed by atoms with van der Waals surface area (Å²) in [5.41, 5.74) is 4.04. The van der Waals surface area contributed by atoms with Gasteiger partial charge in [-0.25, -0.2) is 4.79 Å². The first kappa shape index (κ1) is 16.9. The molecule has 2 aromatic rings. The lowest BCUT2D eigenvalue weighted by atomic mass is 10.0. The molecular formula is C20H23NO2. The molecule has 0 bridgehead atoms. The van der Waals surface area contributed by atoms with Crippen LogP contribution in [-0.2, 0) is 16.0 Å². The minimum Gasteiger partial charge on any atom is -0.462 e. The lowest BCUT2D eigenvalue weighted by Gasteiger charge is -2.05. The smallest absolute Gasteiger partial charge is 0.333 e. The van der Waals surface area contributed by atoms with Crippen molar-refractivity contribution in [3.63, 3.8) is 0 Å². The number of nitrogens with zero attached hydrogens (tertiary/aromatic N) is 1. The number of hydrogen-bond acceptors (Lipinski definition) is 3. The van der Waals surface area contributed by atoms with E-state index in [0.29, 0.717) is 12.2 Å². The average molecular weight is 309 g/mol. The maximum atomic E-state index is 11.8. The number of aromatic nitrogens is 1. The fraction of sp³-hybridized carbons (Fsp3) is 0.300. The molecule has 2 rings (SSSR count). The zero-order valence-corrected chi connectivity index (χ0v) is 13.8. The first-order valence-electron chi connectivity index (χ1n) is 8.02. The SMILES string of the molecule is CCCCOC(=O)/C(C)=C/c1ccc(Cc2cccnc2)cc1. The normalized spacial score (nSPS) is 11.3. The van der Waals surface area contributed by atoms with Gasteiger partial charge < -0.3 is 4.74 Å². The molecule has 3 heteroatoms. The van der Waals surface area contributed by atoms with Crippen LogP contribution in [0, 0.1) is 0 Å². The van der Waals surface area contributed by atoms with Gasteiger partial charge in [-0.15, -0.1) is 0 Å². The van der Waals surface area contributed by atoms with Gasteiger partial charge in [-0.1, -0.05) is 43.7 Å². The molecule has 0 fully saturated rings. The lowest BCUT2D eigenvalue weighted by Crippen LogP contribution is -2.06. The Kier molecular flexibility index (Phi) is 6.55. The minimum atomic E-state index is -0.238. The van der Waals surface area contributed by atoms with Crippen LogP contribution in [-0.4, -0.2) is 17.6 Å². The molecule has 0 saturated heterocycles. The number of carbonyl (C=O) groups is 1. The van der Waals surface area contributed by atoms with Crippen LogP contribution < -0.4 is 0 Å².